The first-order valence-electron chi connectivity index (χ1n) is 8.10. The highest BCUT2D eigenvalue weighted by atomic mass is 19.1. The Labute approximate surface area is 145 Å². The number of hydrogen-bond acceptors (Lipinski definition) is 2. The molecule has 1 N–H and O–H groups in total. The number of carbonyl (C=O) groups is 1. The monoisotopic (exact) mass is 343 g/mol. The van der Waals surface area contributed by atoms with Crippen LogP contribution in [0.15, 0.2) is 54.7 Å². The van der Waals surface area contributed by atoms with E-state index in [1.165, 1.54) is 24.4 Å². The number of amides is 2. The van der Waals surface area contributed by atoms with E-state index < -0.39 is 0 Å². The van der Waals surface area contributed by atoms with Gasteiger partial charge in [-0.2, -0.15) is 0 Å². The summed E-state index contributed by atoms with van der Waals surface area (Å²) in [6.07, 6.45) is 3.14. The van der Waals surface area contributed by atoms with E-state index in [1.54, 1.807) is 41.3 Å². The van der Waals surface area contributed by atoms with Crippen molar-refractivity contribution in [1.29, 1.82) is 0 Å². The third-order valence-corrected chi connectivity index (χ3v) is 4.09. The molecule has 0 bridgehead atoms. The Morgan fingerprint density at radius 2 is 1.76 bits per heavy atom. The highest BCUT2D eigenvalue weighted by Crippen LogP contribution is 2.20. The first-order chi connectivity index (χ1) is 12.1. The maximum atomic E-state index is 13.8. The lowest BCUT2D eigenvalue weighted by Gasteiger charge is -2.35. The van der Waals surface area contributed by atoms with Crippen molar-refractivity contribution in [3.05, 3.63) is 71.9 Å². The zero-order valence-electron chi connectivity index (χ0n) is 13.7. The van der Waals surface area contributed by atoms with E-state index in [-0.39, 0.29) is 17.7 Å². The fourth-order valence-electron chi connectivity index (χ4n) is 2.77. The number of anilines is 1. The summed E-state index contributed by atoms with van der Waals surface area (Å²) in [6, 6.07) is 12.5. The van der Waals surface area contributed by atoms with Crippen LogP contribution in [0.3, 0.4) is 0 Å². The van der Waals surface area contributed by atoms with Crippen LogP contribution >= 0.6 is 0 Å². The summed E-state index contributed by atoms with van der Waals surface area (Å²) >= 11 is 0. The van der Waals surface area contributed by atoms with Crippen molar-refractivity contribution >= 4 is 17.8 Å². The lowest BCUT2D eigenvalue weighted by Crippen LogP contribution is -2.51. The summed E-state index contributed by atoms with van der Waals surface area (Å²) in [6.45, 7) is 2.16. The van der Waals surface area contributed by atoms with Gasteiger partial charge in [-0.25, -0.2) is 13.6 Å². The maximum absolute atomic E-state index is 13.8. The van der Waals surface area contributed by atoms with Crippen LogP contribution in [0.25, 0.3) is 6.08 Å². The molecule has 6 heteroatoms. The number of rotatable bonds is 3. The second-order valence-electron chi connectivity index (χ2n) is 5.76. The number of carbonyl (C=O) groups excluding carboxylic acids is 1. The van der Waals surface area contributed by atoms with E-state index in [1.807, 2.05) is 4.90 Å². The van der Waals surface area contributed by atoms with Crippen molar-refractivity contribution in [3.63, 3.8) is 0 Å². The quantitative estimate of drug-likeness (QED) is 0.926. The third-order valence-electron chi connectivity index (χ3n) is 4.09. The number of nitrogens with one attached hydrogen (secondary N) is 1. The minimum atomic E-state index is -0.322. The molecule has 3 rings (SSSR count). The first-order valence-corrected chi connectivity index (χ1v) is 8.10. The fourth-order valence-corrected chi connectivity index (χ4v) is 2.77. The van der Waals surface area contributed by atoms with Gasteiger partial charge in [0.25, 0.3) is 0 Å². The van der Waals surface area contributed by atoms with Crippen LogP contribution in [0.5, 0.6) is 0 Å². The number of nitrogens with zero attached hydrogens (tertiary/aromatic N) is 2. The molecule has 1 aliphatic heterocycles. The van der Waals surface area contributed by atoms with Crippen LogP contribution in [0.1, 0.15) is 5.56 Å². The Bertz CT molecular complexity index is 771. The Morgan fingerprint density at radius 1 is 1.00 bits per heavy atom. The van der Waals surface area contributed by atoms with Gasteiger partial charge in [-0.15, -0.1) is 0 Å². The molecule has 4 nitrogen and oxygen atoms in total. The number of urea groups is 1. The topological polar surface area (TPSA) is 35.6 Å². The number of piperazine rings is 1. The van der Waals surface area contributed by atoms with Gasteiger partial charge in [0.1, 0.15) is 11.6 Å². The van der Waals surface area contributed by atoms with Crippen LogP contribution in [-0.4, -0.2) is 37.1 Å². The van der Waals surface area contributed by atoms with E-state index in [0.29, 0.717) is 37.4 Å². The van der Waals surface area contributed by atoms with Crippen LogP contribution in [0, 0.1) is 11.6 Å². The van der Waals surface area contributed by atoms with Gasteiger partial charge in [-0.1, -0.05) is 24.3 Å². The molecule has 1 aliphatic rings. The van der Waals surface area contributed by atoms with Crippen molar-refractivity contribution in [2.45, 2.75) is 0 Å². The fraction of sp³-hybridized carbons (Fsp3) is 0.211. The predicted molar refractivity (Wildman–Crippen MR) is 94.2 cm³/mol. The average Bonchev–Trinajstić information content (AvgIpc) is 2.62. The van der Waals surface area contributed by atoms with E-state index in [4.69, 9.17) is 0 Å². The molecule has 0 aromatic heterocycles. The SMILES string of the molecule is O=C(N/C=C/c1cccc(F)c1)N1CCN(c2ccccc2F)CC1. The summed E-state index contributed by atoms with van der Waals surface area (Å²) in [5.74, 6) is -0.573. The lowest BCUT2D eigenvalue weighted by atomic mass is 10.2. The van der Waals surface area contributed by atoms with E-state index >= 15 is 0 Å². The van der Waals surface area contributed by atoms with Crippen molar-refractivity contribution in [2.24, 2.45) is 0 Å². The van der Waals surface area contributed by atoms with Crippen LogP contribution in [0.2, 0.25) is 0 Å². The summed E-state index contributed by atoms with van der Waals surface area (Å²) in [5, 5.41) is 2.68. The Kier molecular flexibility index (Phi) is 5.28. The van der Waals surface area contributed by atoms with Gasteiger partial charge in [0.2, 0.25) is 0 Å². The standard InChI is InChI=1S/C19H19F2N3O/c20-16-5-3-4-15(14-16)8-9-22-19(25)24-12-10-23(11-13-24)18-7-2-1-6-17(18)21/h1-9,14H,10-13H2,(H,22,25)/b9-8+. The van der Waals surface area contributed by atoms with Gasteiger partial charge in [0, 0.05) is 32.4 Å². The van der Waals surface area contributed by atoms with Crippen LogP contribution in [0.4, 0.5) is 19.3 Å². The second kappa shape index (κ2) is 7.79. The minimum absolute atomic E-state index is 0.221. The van der Waals surface area contributed by atoms with Gasteiger partial charge < -0.3 is 15.1 Å². The molecule has 25 heavy (non-hydrogen) atoms. The van der Waals surface area contributed by atoms with Gasteiger partial charge in [-0.3, -0.25) is 0 Å². The number of para-hydroxylation sites is 1. The van der Waals surface area contributed by atoms with Gasteiger partial charge >= 0.3 is 6.03 Å². The molecule has 1 saturated heterocycles. The van der Waals surface area contributed by atoms with E-state index in [0.717, 1.165) is 0 Å². The molecular formula is C19H19F2N3O. The predicted octanol–water partition coefficient (Wildman–Crippen LogP) is 3.47. The largest absolute Gasteiger partial charge is 0.366 e. The first kappa shape index (κ1) is 17.0. The van der Waals surface area contributed by atoms with Gasteiger partial charge in [0.05, 0.1) is 5.69 Å². The summed E-state index contributed by atoms with van der Waals surface area (Å²) < 4.78 is 26.9. The molecule has 2 aromatic carbocycles. The third kappa shape index (κ3) is 4.35. The highest BCUT2D eigenvalue weighted by molar-refractivity contribution is 5.76. The molecule has 0 atom stereocenters. The molecule has 0 unspecified atom stereocenters. The molecular weight excluding hydrogens is 324 g/mol. The molecule has 0 radical (unpaired) electrons. The molecule has 0 aliphatic carbocycles. The zero-order chi connectivity index (χ0) is 17.6. The van der Waals surface area contributed by atoms with Gasteiger partial charge in [-0.05, 0) is 35.9 Å². The van der Waals surface area contributed by atoms with Crippen molar-refractivity contribution in [2.75, 3.05) is 31.1 Å². The molecule has 1 fully saturated rings. The number of halogens is 2. The highest BCUT2D eigenvalue weighted by Gasteiger charge is 2.22. The van der Waals surface area contributed by atoms with Crippen molar-refractivity contribution in [1.82, 2.24) is 10.2 Å². The average molecular weight is 343 g/mol. The van der Waals surface area contributed by atoms with E-state index in [9.17, 15) is 13.6 Å². The van der Waals surface area contributed by atoms with Crippen molar-refractivity contribution in [3.8, 4) is 0 Å². The van der Waals surface area contributed by atoms with Gasteiger partial charge in [0.15, 0.2) is 0 Å². The second-order valence-corrected chi connectivity index (χ2v) is 5.76. The summed E-state index contributed by atoms with van der Waals surface area (Å²) in [5.41, 5.74) is 1.23. The molecule has 130 valence electrons. The normalized spacial score (nSPS) is 14.8. The van der Waals surface area contributed by atoms with Crippen LogP contribution in [-0.2, 0) is 0 Å². The molecule has 1 heterocycles. The molecule has 2 amide bonds. The number of hydrogen-bond donors (Lipinski definition) is 1. The molecule has 2 aromatic rings. The van der Waals surface area contributed by atoms with Crippen molar-refractivity contribution < 1.29 is 13.6 Å². The maximum Gasteiger partial charge on any atom is 0.321 e. The van der Waals surface area contributed by atoms with E-state index in [2.05, 4.69) is 5.32 Å². The minimum Gasteiger partial charge on any atom is -0.366 e. The molecule has 0 spiro atoms. The lowest BCUT2D eigenvalue weighted by molar-refractivity contribution is 0.198. The Hall–Kier alpha value is -2.89. The number of benzene rings is 2. The van der Waals surface area contributed by atoms with Crippen LogP contribution < -0.4 is 10.2 Å². The summed E-state index contributed by atoms with van der Waals surface area (Å²) in [4.78, 5) is 15.8. The molecule has 0 saturated carbocycles. The smallest absolute Gasteiger partial charge is 0.321 e. The Balaban J connectivity index is 1.51. The summed E-state index contributed by atoms with van der Waals surface area (Å²) in [7, 11) is 0. The zero-order valence-corrected chi connectivity index (χ0v) is 13.7. The Morgan fingerprint density at radius 3 is 2.48 bits per heavy atom.